The van der Waals surface area contributed by atoms with Crippen LogP contribution in [0.1, 0.15) is 43.0 Å². The fourth-order valence-electron chi connectivity index (χ4n) is 2.91. The number of ether oxygens (including phenoxy) is 1. The second-order valence-electron chi connectivity index (χ2n) is 8.60. The Hall–Kier alpha value is -1.49. The number of nitrogens with two attached hydrogens (primary N) is 1. The Morgan fingerprint density at radius 3 is 2.39 bits per heavy atom. The van der Waals surface area contributed by atoms with Gasteiger partial charge in [0, 0.05) is 10.6 Å². The molecule has 154 valence electrons. The molecule has 0 fully saturated rings. The molecule has 0 saturated heterocycles. The van der Waals surface area contributed by atoms with Crippen molar-refractivity contribution in [1.82, 2.24) is 0 Å². The van der Waals surface area contributed by atoms with E-state index in [9.17, 15) is 5.11 Å². The number of thioether (sulfide) groups is 1. The molecule has 28 heavy (non-hydrogen) atoms. The summed E-state index contributed by atoms with van der Waals surface area (Å²) in [5.41, 5.74) is 5.23. The first kappa shape index (κ1) is 22.8. The Bertz CT molecular complexity index is 768. The van der Waals surface area contributed by atoms with Crippen molar-refractivity contribution in [1.29, 1.82) is 0 Å². The first-order chi connectivity index (χ1) is 13.2. The van der Waals surface area contributed by atoms with Crippen molar-refractivity contribution < 1.29 is 15.2 Å². The van der Waals surface area contributed by atoms with Gasteiger partial charge in [0.1, 0.15) is 25.0 Å². The summed E-state index contributed by atoms with van der Waals surface area (Å²) >= 11 is 1.87. The number of benzene rings is 2. The van der Waals surface area contributed by atoms with E-state index in [0.29, 0.717) is 13.2 Å². The SMILES string of the molecule is Cc1ccc(SCC[NH2+]C[C@@H](O)COc2ccc(C(C)(C)C)cc2C)cc1C. The molecular weight excluding hydrogens is 366 g/mol. The maximum Gasteiger partial charge on any atom is 0.137 e. The molecule has 0 bridgehead atoms. The van der Waals surface area contributed by atoms with E-state index in [1.165, 1.54) is 21.6 Å². The summed E-state index contributed by atoms with van der Waals surface area (Å²) in [5, 5.41) is 12.4. The molecule has 3 nitrogen and oxygen atoms in total. The van der Waals surface area contributed by atoms with E-state index in [-0.39, 0.29) is 5.41 Å². The maximum atomic E-state index is 10.2. The second-order valence-corrected chi connectivity index (χ2v) is 9.77. The summed E-state index contributed by atoms with van der Waals surface area (Å²) in [6, 6.07) is 12.9. The van der Waals surface area contributed by atoms with E-state index in [1.807, 2.05) is 17.8 Å². The minimum Gasteiger partial charge on any atom is -0.490 e. The molecule has 2 aromatic carbocycles. The summed E-state index contributed by atoms with van der Waals surface area (Å²) < 4.78 is 5.84. The Kier molecular flexibility index (Phi) is 8.41. The quantitative estimate of drug-likeness (QED) is 0.492. The Morgan fingerprint density at radius 1 is 1.00 bits per heavy atom. The first-order valence-corrected chi connectivity index (χ1v) is 11.1. The molecule has 0 heterocycles. The van der Waals surface area contributed by atoms with Crippen LogP contribution in [0.15, 0.2) is 41.3 Å². The topological polar surface area (TPSA) is 46.1 Å². The van der Waals surface area contributed by atoms with Crippen molar-refractivity contribution >= 4 is 11.8 Å². The first-order valence-electron chi connectivity index (χ1n) is 10.1. The molecule has 0 saturated carbocycles. The molecule has 0 spiro atoms. The molecule has 1 atom stereocenters. The van der Waals surface area contributed by atoms with Crippen LogP contribution in [-0.4, -0.2) is 36.7 Å². The molecule has 2 rings (SSSR count). The lowest BCUT2D eigenvalue weighted by Gasteiger charge is -2.21. The van der Waals surface area contributed by atoms with Gasteiger partial charge in [0.05, 0.1) is 6.54 Å². The van der Waals surface area contributed by atoms with Crippen LogP contribution < -0.4 is 10.1 Å². The average Bonchev–Trinajstić information content (AvgIpc) is 2.62. The van der Waals surface area contributed by atoms with Crippen molar-refractivity contribution in [3.05, 3.63) is 58.7 Å². The lowest BCUT2D eigenvalue weighted by Crippen LogP contribution is -2.87. The molecule has 3 N–H and O–H groups in total. The third-order valence-corrected chi connectivity index (χ3v) is 6.01. The Morgan fingerprint density at radius 2 is 1.75 bits per heavy atom. The molecule has 0 aliphatic carbocycles. The highest BCUT2D eigenvalue weighted by Gasteiger charge is 2.15. The minimum absolute atomic E-state index is 0.132. The summed E-state index contributed by atoms with van der Waals surface area (Å²) in [4.78, 5) is 1.31. The largest absolute Gasteiger partial charge is 0.490 e. The number of rotatable bonds is 9. The smallest absolute Gasteiger partial charge is 0.137 e. The number of aliphatic hydroxyl groups is 1. The number of hydrogen-bond acceptors (Lipinski definition) is 3. The van der Waals surface area contributed by atoms with E-state index >= 15 is 0 Å². The molecule has 0 aliphatic rings. The van der Waals surface area contributed by atoms with Gasteiger partial charge in [-0.1, -0.05) is 39.0 Å². The van der Waals surface area contributed by atoms with Crippen molar-refractivity contribution in [3.63, 3.8) is 0 Å². The van der Waals surface area contributed by atoms with E-state index in [1.54, 1.807) is 0 Å². The van der Waals surface area contributed by atoms with Crippen LogP contribution in [0.25, 0.3) is 0 Å². The van der Waals surface area contributed by atoms with E-state index in [4.69, 9.17) is 4.74 Å². The number of quaternary nitrogens is 1. The van der Waals surface area contributed by atoms with Gasteiger partial charge in [0.25, 0.3) is 0 Å². The molecule has 0 radical (unpaired) electrons. The van der Waals surface area contributed by atoms with Crippen molar-refractivity contribution in [3.8, 4) is 5.75 Å². The number of hydrogen-bond donors (Lipinski definition) is 2. The zero-order valence-corrected chi connectivity index (χ0v) is 19.0. The third kappa shape index (κ3) is 7.16. The Balaban J connectivity index is 1.67. The monoisotopic (exact) mass is 402 g/mol. The van der Waals surface area contributed by atoms with Crippen molar-refractivity contribution in [2.75, 3.05) is 25.4 Å². The van der Waals surface area contributed by atoms with Gasteiger partial charge in [-0.25, -0.2) is 0 Å². The van der Waals surface area contributed by atoms with Gasteiger partial charge < -0.3 is 15.2 Å². The fraction of sp³-hybridized carbons (Fsp3) is 0.500. The average molecular weight is 403 g/mol. The van der Waals surface area contributed by atoms with E-state index < -0.39 is 6.10 Å². The van der Waals surface area contributed by atoms with Gasteiger partial charge in [0.2, 0.25) is 0 Å². The minimum atomic E-state index is -0.465. The molecule has 0 aromatic heterocycles. The van der Waals surface area contributed by atoms with Crippen LogP contribution in [0.2, 0.25) is 0 Å². The van der Waals surface area contributed by atoms with Gasteiger partial charge in [-0.05, 0) is 66.6 Å². The van der Waals surface area contributed by atoms with Gasteiger partial charge in [-0.2, -0.15) is 0 Å². The normalized spacial score (nSPS) is 12.8. The zero-order valence-electron chi connectivity index (χ0n) is 18.2. The third-order valence-electron chi connectivity index (χ3n) is 4.98. The predicted octanol–water partition coefficient (Wildman–Crippen LogP) is 4.00. The Labute approximate surface area is 174 Å². The van der Waals surface area contributed by atoms with Crippen LogP contribution in [0.3, 0.4) is 0 Å². The lowest BCUT2D eigenvalue weighted by molar-refractivity contribution is -0.657. The molecule has 0 amide bonds. The molecular formula is C24H36NO2S+. The molecule has 0 unspecified atom stereocenters. The summed E-state index contributed by atoms with van der Waals surface area (Å²) in [6.45, 7) is 15.0. The lowest BCUT2D eigenvalue weighted by atomic mass is 9.86. The van der Waals surface area contributed by atoms with Crippen LogP contribution in [-0.2, 0) is 5.41 Å². The predicted molar refractivity (Wildman–Crippen MR) is 120 cm³/mol. The van der Waals surface area contributed by atoms with Crippen LogP contribution in [0.5, 0.6) is 5.75 Å². The molecule has 0 aliphatic heterocycles. The highest BCUT2D eigenvalue weighted by molar-refractivity contribution is 7.99. The second kappa shape index (κ2) is 10.3. The van der Waals surface area contributed by atoms with Crippen molar-refractivity contribution in [2.45, 2.75) is 58.0 Å². The van der Waals surface area contributed by atoms with Crippen LogP contribution in [0, 0.1) is 20.8 Å². The van der Waals surface area contributed by atoms with Gasteiger partial charge in [-0.15, -0.1) is 11.8 Å². The molecule has 2 aromatic rings. The van der Waals surface area contributed by atoms with Crippen LogP contribution >= 0.6 is 11.8 Å². The van der Waals surface area contributed by atoms with Gasteiger partial charge >= 0.3 is 0 Å². The fourth-order valence-corrected chi connectivity index (χ4v) is 3.85. The van der Waals surface area contributed by atoms with Crippen LogP contribution in [0.4, 0.5) is 0 Å². The maximum absolute atomic E-state index is 10.2. The van der Waals surface area contributed by atoms with Gasteiger partial charge in [-0.3, -0.25) is 0 Å². The van der Waals surface area contributed by atoms with E-state index in [2.05, 4.69) is 77.2 Å². The van der Waals surface area contributed by atoms with E-state index in [0.717, 1.165) is 23.6 Å². The number of aryl methyl sites for hydroxylation is 3. The highest BCUT2D eigenvalue weighted by atomic mass is 32.2. The summed E-state index contributed by atoms with van der Waals surface area (Å²) in [5.74, 6) is 1.89. The molecule has 4 heteroatoms. The summed E-state index contributed by atoms with van der Waals surface area (Å²) in [7, 11) is 0. The van der Waals surface area contributed by atoms with Crippen molar-refractivity contribution in [2.24, 2.45) is 0 Å². The highest BCUT2D eigenvalue weighted by Crippen LogP contribution is 2.27. The van der Waals surface area contributed by atoms with Gasteiger partial charge in [0.15, 0.2) is 0 Å². The summed E-state index contributed by atoms with van der Waals surface area (Å²) in [6.07, 6.45) is -0.465. The number of aliphatic hydroxyl groups excluding tert-OH is 1. The zero-order chi connectivity index (χ0) is 20.7. The standard InChI is InChI=1S/C24H35NO2S/c1-17-7-9-22(14-18(17)2)28-12-11-25-15-21(26)16-27-23-10-8-20(13-19(23)3)24(4,5)6/h7-10,13-14,21,25-26H,11-12,15-16H2,1-6H3/p+1/t21-/m1/s1.